The van der Waals surface area contributed by atoms with Gasteiger partial charge in [0.25, 0.3) is 0 Å². The van der Waals surface area contributed by atoms with Gasteiger partial charge in [0.1, 0.15) is 0 Å². The highest BCUT2D eigenvalue weighted by molar-refractivity contribution is 4.85. The molecule has 0 saturated heterocycles. The van der Waals surface area contributed by atoms with Crippen LogP contribution in [0.3, 0.4) is 0 Å². The molecule has 0 heterocycles. The van der Waals surface area contributed by atoms with E-state index >= 15 is 0 Å². The lowest BCUT2D eigenvalue weighted by Crippen LogP contribution is -2.35. The van der Waals surface area contributed by atoms with Crippen LogP contribution in [0.5, 0.6) is 0 Å². The van der Waals surface area contributed by atoms with Crippen molar-refractivity contribution in [3.05, 3.63) is 0 Å². The number of nitrogens with one attached hydrogen (secondary N) is 1. The lowest BCUT2D eigenvalue weighted by Gasteiger charge is -2.41. The molecular formula is C15H31N. The Morgan fingerprint density at radius 3 is 2.56 bits per heavy atom. The van der Waals surface area contributed by atoms with Crippen LogP contribution >= 0.6 is 0 Å². The van der Waals surface area contributed by atoms with Gasteiger partial charge >= 0.3 is 0 Å². The summed E-state index contributed by atoms with van der Waals surface area (Å²) >= 11 is 0. The Hall–Kier alpha value is -0.0400. The second kappa shape index (κ2) is 6.64. The quantitative estimate of drug-likeness (QED) is 0.667. The maximum absolute atomic E-state index is 3.39. The molecule has 1 aliphatic rings. The van der Waals surface area contributed by atoms with Gasteiger partial charge in [0.2, 0.25) is 0 Å². The molecule has 0 aromatic carbocycles. The van der Waals surface area contributed by atoms with E-state index in [1.54, 1.807) is 0 Å². The lowest BCUT2D eigenvalue weighted by atomic mass is 9.66. The zero-order valence-corrected chi connectivity index (χ0v) is 11.8. The van der Waals surface area contributed by atoms with Crippen molar-refractivity contribution in [3.63, 3.8) is 0 Å². The molecule has 0 amide bonds. The van der Waals surface area contributed by atoms with Crippen LogP contribution < -0.4 is 5.32 Å². The van der Waals surface area contributed by atoms with Crippen LogP contribution in [0, 0.1) is 17.3 Å². The number of hydrogen-bond donors (Lipinski definition) is 1. The van der Waals surface area contributed by atoms with Crippen molar-refractivity contribution in [2.45, 2.75) is 65.7 Å². The fraction of sp³-hybridized carbons (Fsp3) is 1.00. The van der Waals surface area contributed by atoms with E-state index in [9.17, 15) is 0 Å². The second-order valence-electron chi connectivity index (χ2n) is 6.48. The molecule has 1 rings (SSSR count). The molecule has 0 spiro atoms. The van der Waals surface area contributed by atoms with Gasteiger partial charge in [0.05, 0.1) is 0 Å². The Morgan fingerprint density at radius 2 is 1.94 bits per heavy atom. The summed E-state index contributed by atoms with van der Waals surface area (Å²) < 4.78 is 0. The normalized spacial score (nSPS) is 29.2. The zero-order chi connectivity index (χ0) is 12.0. The zero-order valence-electron chi connectivity index (χ0n) is 11.8. The molecule has 0 aromatic heterocycles. The monoisotopic (exact) mass is 225 g/mol. The third-order valence-corrected chi connectivity index (χ3v) is 4.32. The maximum atomic E-state index is 3.39. The van der Waals surface area contributed by atoms with Crippen LogP contribution in [0.2, 0.25) is 0 Å². The van der Waals surface area contributed by atoms with Gasteiger partial charge in [-0.3, -0.25) is 0 Å². The van der Waals surface area contributed by atoms with Gasteiger partial charge in [-0.15, -0.1) is 0 Å². The molecule has 0 bridgehead atoms. The van der Waals surface area contributed by atoms with E-state index in [0.717, 1.165) is 11.8 Å². The topological polar surface area (TPSA) is 12.0 Å². The highest BCUT2D eigenvalue weighted by atomic mass is 14.8. The molecule has 16 heavy (non-hydrogen) atoms. The van der Waals surface area contributed by atoms with Gasteiger partial charge in [-0.25, -0.2) is 0 Å². The molecule has 96 valence electrons. The first-order valence-electron chi connectivity index (χ1n) is 7.23. The summed E-state index contributed by atoms with van der Waals surface area (Å²) in [6.07, 6.45) is 9.98. The summed E-state index contributed by atoms with van der Waals surface area (Å²) in [5.74, 6) is 1.91. The third-order valence-electron chi connectivity index (χ3n) is 4.32. The van der Waals surface area contributed by atoms with E-state index in [-0.39, 0.29) is 0 Å². The van der Waals surface area contributed by atoms with Crippen molar-refractivity contribution in [2.75, 3.05) is 13.6 Å². The number of unbranched alkanes of at least 4 members (excludes halogenated alkanes) is 2. The summed E-state index contributed by atoms with van der Waals surface area (Å²) in [5.41, 5.74) is 0.598. The van der Waals surface area contributed by atoms with Crippen LogP contribution in [-0.4, -0.2) is 13.6 Å². The molecule has 1 fully saturated rings. The first kappa shape index (κ1) is 14.0. The summed E-state index contributed by atoms with van der Waals surface area (Å²) in [6, 6.07) is 0. The van der Waals surface area contributed by atoms with Crippen molar-refractivity contribution in [1.29, 1.82) is 0 Å². The first-order valence-corrected chi connectivity index (χ1v) is 7.23. The minimum atomic E-state index is 0.598. The van der Waals surface area contributed by atoms with Crippen molar-refractivity contribution < 1.29 is 0 Å². The molecular weight excluding hydrogens is 194 g/mol. The fourth-order valence-electron chi connectivity index (χ4n) is 3.32. The lowest BCUT2D eigenvalue weighted by molar-refractivity contribution is 0.109. The van der Waals surface area contributed by atoms with E-state index in [1.807, 2.05) is 0 Å². The van der Waals surface area contributed by atoms with E-state index < -0.39 is 0 Å². The standard InChI is InChI=1S/C15H31N/c1-5-6-7-8-13-11-15(2,3)10-9-14(13)12-16-4/h13-14,16H,5-12H2,1-4H3. The van der Waals surface area contributed by atoms with Gasteiger partial charge < -0.3 is 5.32 Å². The van der Waals surface area contributed by atoms with Crippen LogP contribution in [0.15, 0.2) is 0 Å². The smallest absolute Gasteiger partial charge is 0.00209 e. The second-order valence-corrected chi connectivity index (χ2v) is 6.48. The fourth-order valence-corrected chi connectivity index (χ4v) is 3.32. The minimum Gasteiger partial charge on any atom is -0.319 e. The van der Waals surface area contributed by atoms with E-state index in [1.165, 1.54) is 51.5 Å². The van der Waals surface area contributed by atoms with Crippen LogP contribution in [0.25, 0.3) is 0 Å². The van der Waals surface area contributed by atoms with Crippen LogP contribution in [0.1, 0.15) is 65.7 Å². The van der Waals surface area contributed by atoms with Crippen LogP contribution in [-0.2, 0) is 0 Å². The van der Waals surface area contributed by atoms with E-state index in [0.29, 0.717) is 5.41 Å². The third kappa shape index (κ3) is 4.45. The average molecular weight is 225 g/mol. The summed E-state index contributed by atoms with van der Waals surface area (Å²) in [4.78, 5) is 0. The summed E-state index contributed by atoms with van der Waals surface area (Å²) in [7, 11) is 2.10. The van der Waals surface area contributed by atoms with Crippen molar-refractivity contribution in [3.8, 4) is 0 Å². The molecule has 0 aromatic rings. The Balaban J connectivity index is 2.43. The predicted octanol–water partition coefficient (Wildman–Crippen LogP) is 4.23. The Morgan fingerprint density at radius 1 is 1.19 bits per heavy atom. The van der Waals surface area contributed by atoms with Gasteiger partial charge in [-0.1, -0.05) is 46.5 Å². The van der Waals surface area contributed by atoms with Gasteiger partial charge in [0.15, 0.2) is 0 Å². The SMILES string of the molecule is CCCCCC1CC(C)(C)CCC1CNC. The predicted molar refractivity (Wildman–Crippen MR) is 72.7 cm³/mol. The average Bonchev–Trinajstić information content (AvgIpc) is 2.22. The molecule has 1 heteroatoms. The molecule has 1 saturated carbocycles. The highest BCUT2D eigenvalue weighted by Gasteiger charge is 2.33. The van der Waals surface area contributed by atoms with Crippen LogP contribution in [0.4, 0.5) is 0 Å². The van der Waals surface area contributed by atoms with Crippen molar-refractivity contribution in [1.82, 2.24) is 5.32 Å². The van der Waals surface area contributed by atoms with Gasteiger partial charge in [0, 0.05) is 0 Å². The first-order chi connectivity index (χ1) is 7.59. The highest BCUT2D eigenvalue weighted by Crippen LogP contribution is 2.43. The molecule has 1 N–H and O–H groups in total. The summed E-state index contributed by atoms with van der Waals surface area (Å²) in [6.45, 7) is 8.44. The number of rotatable bonds is 6. The van der Waals surface area contributed by atoms with Gasteiger partial charge in [-0.2, -0.15) is 0 Å². The summed E-state index contributed by atoms with van der Waals surface area (Å²) in [5, 5.41) is 3.39. The van der Waals surface area contributed by atoms with E-state index in [2.05, 4.69) is 33.1 Å². The van der Waals surface area contributed by atoms with Crippen molar-refractivity contribution in [2.24, 2.45) is 17.3 Å². The molecule has 1 aliphatic carbocycles. The Labute approximate surface area is 102 Å². The molecule has 2 atom stereocenters. The minimum absolute atomic E-state index is 0.598. The molecule has 2 unspecified atom stereocenters. The molecule has 1 nitrogen and oxygen atoms in total. The largest absolute Gasteiger partial charge is 0.319 e. The Kier molecular flexibility index (Phi) is 5.82. The number of hydrogen-bond acceptors (Lipinski definition) is 1. The van der Waals surface area contributed by atoms with Gasteiger partial charge in [-0.05, 0) is 50.1 Å². The van der Waals surface area contributed by atoms with Crippen molar-refractivity contribution >= 4 is 0 Å². The molecule has 0 aliphatic heterocycles. The molecule has 0 radical (unpaired) electrons. The van der Waals surface area contributed by atoms with E-state index in [4.69, 9.17) is 0 Å². The maximum Gasteiger partial charge on any atom is -0.00209 e. The Bertz CT molecular complexity index is 186.